The fourth-order valence-corrected chi connectivity index (χ4v) is 2.91. The van der Waals surface area contributed by atoms with Crippen molar-refractivity contribution in [3.05, 3.63) is 0 Å². The van der Waals surface area contributed by atoms with Gasteiger partial charge in [-0.1, -0.05) is 26.2 Å². The minimum atomic E-state index is 0.821. The van der Waals surface area contributed by atoms with Gasteiger partial charge < -0.3 is 10.2 Å². The van der Waals surface area contributed by atoms with Crippen molar-refractivity contribution >= 4 is 0 Å². The van der Waals surface area contributed by atoms with Gasteiger partial charge in [0.15, 0.2) is 0 Å². The number of hydrogen-bond donors (Lipinski definition) is 1. The van der Waals surface area contributed by atoms with Crippen LogP contribution in [0.25, 0.3) is 0 Å². The van der Waals surface area contributed by atoms with Gasteiger partial charge in [0.25, 0.3) is 0 Å². The lowest BCUT2D eigenvalue weighted by Gasteiger charge is -2.24. The number of nitrogens with zero attached hydrogens (tertiary/aromatic N) is 1. The molecule has 0 aromatic heterocycles. The molecule has 0 radical (unpaired) electrons. The van der Waals surface area contributed by atoms with Crippen molar-refractivity contribution < 1.29 is 0 Å². The van der Waals surface area contributed by atoms with Gasteiger partial charge in [-0.3, -0.25) is 0 Å². The van der Waals surface area contributed by atoms with Crippen LogP contribution < -0.4 is 5.32 Å². The first-order valence-corrected chi connectivity index (χ1v) is 7.17. The Bertz CT molecular complexity index is 199. The fraction of sp³-hybridized carbons (Fsp3) is 1.00. The van der Waals surface area contributed by atoms with Crippen molar-refractivity contribution in [2.45, 2.75) is 51.5 Å². The van der Waals surface area contributed by atoms with E-state index in [0.717, 1.165) is 17.9 Å². The van der Waals surface area contributed by atoms with Gasteiger partial charge in [0.1, 0.15) is 0 Å². The number of likely N-dealkylation sites (N-methyl/N-ethyl adjacent to an activating group) is 1. The topological polar surface area (TPSA) is 15.3 Å². The zero-order valence-electron chi connectivity index (χ0n) is 11.0. The Morgan fingerprint density at radius 3 is 2.50 bits per heavy atom. The predicted molar refractivity (Wildman–Crippen MR) is 69.6 cm³/mol. The molecule has 2 aliphatic rings. The maximum atomic E-state index is 3.72. The second kappa shape index (κ2) is 6.02. The second-order valence-electron chi connectivity index (χ2n) is 6.02. The van der Waals surface area contributed by atoms with Gasteiger partial charge in [-0.2, -0.15) is 0 Å². The van der Waals surface area contributed by atoms with E-state index in [9.17, 15) is 0 Å². The molecule has 2 nitrogen and oxygen atoms in total. The zero-order chi connectivity index (χ0) is 11.4. The first kappa shape index (κ1) is 12.4. The first-order chi connectivity index (χ1) is 7.75. The molecule has 0 saturated heterocycles. The Labute approximate surface area is 101 Å². The molecule has 2 atom stereocenters. The lowest BCUT2D eigenvalue weighted by Crippen LogP contribution is -2.37. The predicted octanol–water partition coefficient (Wildman–Crippen LogP) is 2.50. The molecule has 16 heavy (non-hydrogen) atoms. The molecule has 0 aromatic rings. The largest absolute Gasteiger partial charge is 0.313 e. The van der Waals surface area contributed by atoms with E-state index >= 15 is 0 Å². The van der Waals surface area contributed by atoms with Crippen molar-refractivity contribution in [2.24, 2.45) is 11.8 Å². The van der Waals surface area contributed by atoms with Crippen LogP contribution in [0.3, 0.4) is 0 Å². The minimum absolute atomic E-state index is 0.821. The van der Waals surface area contributed by atoms with Crippen LogP contribution in [-0.2, 0) is 0 Å². The summed E-state index contributed by atoms with van der Waals surface area (Å²) in [5, 5.41) is 3.72. The van der Waals surface area contributed by atoms with Gasteiger partial charge in [-0.05, 0) is 38.1 Å². The maximum Gasteiger partial charge on any atom is 0.0104 e. The number of nitrogens with one attached hydrogen (secondary N) is 1. The Balaban J connectivity index is 1.49. The highest BCUT2D eigenvalue weighted by Gasteiger charge is 2.32. The molecular weight excluding hydrogens is 196 g/mol. The summed E-state index contributed by atoms with van der Waals surface area (Å²) >= 11 is 0. The standard InChI is InChI=1S/C14H28N2/c1-12-10-13(12)11-16(2)9-8-15-14-6-4-3-5-7-14/h12-15H,3-11H2,1-2H3. The third-order valence-electron chi connectivity index (χ3n) is 4.35. The normalized spacial score (nSPS) is 30.9. The maximum absolute atomic E-state index is 3.72. The average molecular weight is 224 g/mol. The molecule has 0 aromatic carbocycles. The summed E-state index contributed by atoms with van der Waals surface area (Å²) in [5.74, 6) is 1.99. The number of rotatable bonds is 6. The summed E-state index contributed by atoms with van der Waals surface area (Å²) in [4.78, 5) is 2.50. The molecule has 2 rings (SSSR count). The van der Waals surface area contributed by atoms with E-state index in [-0.39, 0.29) is 0 Å². The fourth-order valence-electron chi connectivity index (χ4n) is 2.91. The van der Waals surface area contributed by atoms with E-state index in [1.165, 1.54) is 58.2 Å². The van der Waals surface area contributed by atoms with E-state index in [2.05, 4.69) is 24.2 Å². The molecule has 2 aliphatic carbocycles. The Kier molecular flexibility index (Phi) is 4.66. The van der Waals surface area contributed by atoms with Gasteiger partial charge in [-0.25, -0.2) is 0 Å². The van der Waals surface area contributed by atoms with Crippen LogP contribution >= 0.6 is 0 Å². The van der Waals surface area contributed by atoms with Crippen LogP contribution in [0, 0.1) is 11.8 Å². The van der Waals surface area contributed by atoms with E-state index in [4.69, 9.17) is 0 Å². The molecule has 0 heterocycles. The third kappa shape index (κ3) is 4.06. The molecule has 1 N–H and O–H groups in total. The summed E-state index contributed by atoms with van der Waals surface area (Å²) < 4.78 is 0. The van der Waals surface area contributed by atoms with E-state index in [1.807, 2.05) is 0 Å². The summed E-state index contributed by atoms with van der Waals surface area (Å²) in [6.07, 6.45) is 8.60. The monoisotopic (exact) mass is 224 g/mol. The first-order valence-electron chi connectivity index (χ1n) is 7.17. The highest BCUT2D eigenvalue weighted by atomic mass is 15.1. The van der Waals surface area contributed by atoms with E-state index < -0.39 is 0 Å². The van der Waals surface area contributed by atoms with Crippen LogP contribution in [0.4, 0.5) is 0 Å². The van der Waals surface area contributed by atoms with Gasteiger partial charge >= 0.3 is 0 Å². The Hall–Kier alpha value is -0.0800. The molecule has 2 heteroatoms. The molecule has 94 valence electrons. The smallest absolute Gasteiger partial charge is 0.0104 e. The average Bonchev–Trinajstić information content (AvgIpc) is 2.95. The highest BCUT2D eigenvalue weighted by molar-refractivity contribution is 4.84. The van der Waals surface area contributed by atoms with Crippen molar-refractivity contribution in [2.75, 3.05) is 26.7 Å². The van der Waals surface area contributed by atoms with Crippen LogP contribution in [0.15, 0.2) is 0 Å². The molecule has 2 saturated carbocycles. The van der Waals surface area contributed by atoms with Gasteiger partial charge in [-0.15, -0.1) is 0 Å². The van der Waals surface area contributed by atoms with Gasteiger partial charge in [0, 0.05) is 25.7 Å². The molecule has 0 aliphatic heterocycles. The quantitative estimate of drug-likeness (QED) is 0.746. The van der Waals surface area contributed by atoms with E-state index in [0.29, 0.717) is 0 Å². The Morgan fingerprint density at radius 2 is 1.88 bits per heavy atom. The van der Waals surface area contributed by atoms with Crippen molar-refractivity contribution in [3.63, 3.8) is 0 Å². The lowest BCUT2D eigenvalue weighted by atomic mass is 9.95. The summed E-state index contributed by atoms with van der Waals surface area (Å²) in [6.45, 7) is 6.09. The molecule has 0 spiro atoms. The highest BCUT2D eigenvalue weighted by Crippen LogP contribution is 2.37. The minimum Gasteiger partial charge on any atom is -0.313 e. The lowest BCUT2D eigenvalue weighted by molar-refractivity contribution is 0.294. The van der Waals surface area contributed by atoms with Crippen molar-refractivity contribution in [1.29, 1.82) is 0 Å². The third-order valence-corrected chi connectivity index (χ3v) is 4.35. The van der Waals surface area contributed by atoms with Crippen LogP contribution in [-0.4, -0.2) is 37.6 Å². The van der Waals surface area contributed by atoms with Crippen LogP contribution in [0.2, 0.25) is 0 Å². The zero-order valence-corrected chi connectivity index (χ0v) is 11.0. The van der Waals surface area contributed by atoms with Crippen molar-refractivity contribution in [1.82, 2.24) is 10.2 Å². The van der Waals surface area contributed by atoms with Crippen LogP contribution in [0.5, 0.6) is 0 Å². The molecule has 2 unspecified atom stereocenters. The molecule has 2 fully saturated rings. The Morgan fingerprint density at radius 1 is 1.19 bits per heavy atom. The van der Waals surface area contributed by atoms with Gasteiger partial charge in [0.2, 0.25) is 0 Å². The van der Waals surface area contributed by atoms with E-state index in [1.54, 1.807) is 0 Å². The molecule has 0 amide bonds. The number of hydrogen-bond acceptors (Lipinski definition) is 2. The van der Waals surface area contributed by atoms with Gasteiger partial charge in [0.05, 0.1) is 0 Å². The summed E-state index contributed by atoms with van der Waals surface area (Å²) in [6, 6.07) is 0.821. The SMILES string of the molecule is CC1CC1CN(C)CCNC1CCCCC1. The van der Waals surface area contributed by atoms with Crippen molar-refractivity contribution in [3.8, 4) is 0 Å². The summed E-state index contributed by atoms with van der Waals surface area (Å²) in [7, 11) is 2.27. The van der Waals surface area contributed by atoms with Crippen LogP contribution in [0.1, 0.15) is 45.4 Å². The second-order valence-corrected chi connectivity index (χ2v) is 6.02. The molecule has 0 bridgehead atoms. The summed E-state index contributed by atoms with van der Waals surface area (Å²) in [5.41, 5.74) is 0. The molecular formula is C14H28N2.